The van der Waals surface area contributed by atoms with Gasteiger partial charge in [-0.2, -0.15) is 0 Å². The highest BCUT2D eigenvalue weighted by Gasteiger charge is 2.68. The number of hydrogen-bond donors (Lipinski definition) is 1. The monoisotopic (exact) mass is 365 g/mol. The Hall–Kier alpha value is -2.80. The summed E-state index contributed by atoms with van der Waals surface area (Å²) in [5.74, 6) is 1.65. The van der Waals surface area contributed by atoms with Gasteiger partial charge in [-0.15, -0.1) is 10.2 Å². The lowest BCUT2D eigenvalue weighted by molar-refractivity contribution is -0.0664. The van der Waals surface area contributed by atoms with Gasteiger partial charge in [0.1, 0.15) is 23.1 Å². The second kappa shape index (κ2) is 5.60. The van der Waals surface area contributed by atoms with E-state index in [9.17, 15) is 4.39 Å². The summed E-state index contributed by atoms with van der Waals surface area (Å²) in [7, 11) is 0. The Bertz CT molecular complexity index is 994. The fourth-order valence-electron chi connectivity index (χ4n) is 4.52. The molecule has 2 N–H and O–H groups in total. The topological polar surface area (TPSA) is 78.9 Å². The number of halogens is 1. The van der Waals surface area contributed by atoms with E-state index in [-0.39, 0.29) is 16.8 Å². The molecule has 0 atom stereocenters. The van der Waals surface area contributed by atoms with Crippen LogP contribution in [0.25, 0.3) is 17.2 Å². The Morgan fingerprint density at radius 3 is 2.56 bits per heavy atom. The van der Waals surface area contributed by atoms with E-state index in [0.717, 1.165) is 25.1 Å². The van der Waals surface area contributed by atoms with E-state index in [1.165, 1.54) is 6.07 Å². The summed E-state index contributed by atoms with van der Waals surface area (Å²) >= 11 is 0. The van der Waals surface area contributed by atoms with Crippen LogP contribution in [0.5, 0.6) is 5.75 Å². The van der Waals surface area contributed by atoms with E-state index in [1.807, 2.05) is 25.1 Å². The zero-order valence-corrected chi connectivity index (χ0v) is 15.0. The average molecular weight is 365 g/mol. The SMILES string of the molecule is CCOc1ccc(-c2nnc(C34CC(N)(C3)C4)n2-c2ccccc2F)nc1. The maximum absolute atomic E-state index is 14.6. The van der Waals surface area contributed by atoms with Crippen LogP contribution < -0.4 is 10.5 Å². The van der Waals surface area contributed by atoms with Crippen LogP contribution in [-0.2, 0) is 5.41 Å². The van der Waals surface area contributed by atoms with Crippen molar-refractivity contribution in [1.82, 2.24) is 19.7 Å². The third kappa shape index (κ3) is 2.38. The van der Waals surface area contributed by atoms with Crippen molar-refractivity contribution >= 4 is 0 Å². The molecule has 2 bridgehead atoms. The van der Waals surface area contributed by atoms with Crippen LogP contribution in [0.1, 0.15) is 32.0 Å². The van der Waals surface area contributed by atoms with Crippen LogP contribution >= 0.6 is 0 Å². The van der Waals surface area contributed by atoms with Gasteiger partial charge in [0.2, 0.25) is 0 Å². The second-order valence-electron chi connectivity index (χ2n) is 7.62. The first-order valence-electron chi connectivity index (χ1n) is 9.13. The molecule has 0 unspecified atom stereocenters. The van der Waals surface area contributed by atoms with Crippen molar-refractivity contribution in [2.24, 2.45) is 5.73 Å². The molecule has 7 heteroatoms. The van der Waals surface area contributed by atoms with E-state index in [4.69, 9.17) is 10.5 Å². The van der Waals surface area contributed by atoms with Gasteiger partial charge >= 0.3 is 0 Å². The minimum atomic E-state index is -0.320. The van der Waals surface area contributed by atoms with Crippen molar-refractivity contribution in [2.45, 2.75) is 37.1 Å². The predicted molar refractivity (Wildman–Crippen MR) is 98.2 cm³/mol. The number of benzene rings is 1. The van der Waals surface area contributed by atoms with Crippen molar-refractivity contribution in [3.05, 3.63) is 54.2 Å². The summed E-state index contributed by atoms with van der Waals surface area (Å²) in [6.07, 6.45) is 4.24. The predicted octanol–water partition coefficient (Wildman–Crippen LogP) is 3.00. The van der Waals surface area contributed by atoms with Crippen LogP contribution in [0.3, 0.4) is 0 Å². The highest BCUT2D eigenvalue weighted by Crippen LogP contribution is 2.66. The molecular weight excluding hydrogens is 345 g/mol. The summed E-state index contributed by atoms with van der Waals surface area (Å²) in [5, 5.41) is 8.83. The summed E-state index contributed by atoms with van der Waals surface area (Å²) in [6, 6.07) is 10.3. The normalized spacial score (nSPS) is 25.6. The Morgan fingerprint density at radius 1 is 1.15 bits per heavy atom. The van der Waals surface area contributed by atoms with Gasteiger partial charge in [-0.1, -0.05) is 12.1 Å². The Balaban J connectivity index is 1.64. The molecule has 0 aliphatic heterocycles. The van der Waals surface area contributed by atoms with E-state index in [1.54, 1.807) is 22.9 Å². The lowest BCUT2D eigenvalue weighted by Crippen LogP contribution is -2.75. The molecule has 6 nitrogen and oxygen atoms in total. The number of nitrogens with two attached hydrogens (primary N) is 1. The van der Waals surface area contributed by atoms with Gasteiger partial charge in [-0.3, -0.25) is 4.57 Å². The molecule has 138 valence electrons. The molecule has 0 radical (unpaired) electrons. The van der Waals surface area contributed by atoms with Crippen molar-refractivity contribution in [3.8, 4) is 23.0 Å². The van der Waals surface area contributed by atoms with Gasteiger partial charge in [0.25, 0.3) is 0 Å². The van der Waals surface area contributed by atoms with E-state index in [2.05, 4.69) is 15.2 Å². The van der Waals surface area contributed by atoms with Crippen molar-refractivity contribution in [3.63, 3.8) is 0 Å². The van der Waals surface area contributed by atoms with Crippen LogP contribution in [0.4, 0.5) is 4.39 Å². The molecule has 27 heavy (non-hydrogen) atoms. The summed E-state index contributed by atoms with van der Waals surface area (Å²) < 4.78 is 21.9. The minimum absolute atomic E-state index is 0.0798. The number of rotatable bonds is 5. The molecule has 3 saturated carbocycles. The molecule has 0 saturated heterocycles. The van der Waals surface area contributed by atoms with E-state index >= 15 is 0 Å². The Kier molecular flexibility index (Phi) is 3.40. The van der Waals surface area contributed by atoms with Gasteiger partial charge in [0, 0.05) is 11.0 Å². The van der Waals surface area contributed by atoms with Gasteiger partial charge in [0.15, 0.2) is 5.82 Å². The van der Waals surface area contributed by atoms with Gasteiger partial charge in [-0.25, -0.2) is 9.37 Å². The van der Waals surface area contributed by atoms with E-state index < -0.39 is 0 Å². The zero-order chi connectivity index (χ0) is 18.6. The number of aromatic nitrogens is 4. The molecule has 3 aliphatic rings. The highest BCUT2D eigenvalue weighted by atomic mass is 19.1. The summed E-state index contributed by atoms with van der Waals surface area (Å²) in [6.45, 7) is 2.49. The number of nitrogens with zero attached hydrogens (tertiary/aromatic N) is 4. The van der Waals surface area contributed by atoms with Gasteiger partial charge in [-0.05, 0) is 50.5 Å². The Morgan fingerprint density at radius 2 is 1.93 bits per heavy atom. The van der Waals surface area contributed by atoms with Crippen molar-refractivity contribution < 1.29 is 9.13 Å². The summed E-state index contributed by atoms with van der Waals surface area (Å²) in [5.41, 5.74) is 7.10. The third-order valence-electron chi connectivity index (χ3n) is 5.58. The summed E-state index contributed by atoms with van der Waals surface area (Å²) in [4.78, 5) is 4.45. The van der Waals surface area contributed by atoms with Gasteiger partial charge in [0.05, 0.1) is 18.5 Å². The number of para-hydroxylation sites is 1. The number of pyridine rings is 1. The molecule has 3 aliphatic carbocycles. The maximum atomic E-state index is 14.6. The number of hydrogen-bond acceptors (Lipinski definition) is 5. The van der Waals surface area contributed by atoms with Gasteiger partial charge < -0.3 is 10.5 Å². The first-order chi connectivity index (χ1) is 13.0. The molecule has 3 aromatic rings. The first-order valence-corrected chi connectivity index (χ1v) is 9.13. The first kappa shape index (κ1) is 16.4. The van der Waals surface area contributed by atoms with Crippen LogP contribution in [0.15, 0.2) is 42.6 Å². The smallest absolute Gasteiger partial charge is 0.187 e. The lowest BCUT2D eigenvalue weighted by Gasteiger charge is -2.68. The molecule has 1 aromatic carbocycles. The fourth-order valence-corrected chi connectivity index (χ4v) is 4.52. The Labute approximate surface area is 156 Å². The quantitative estimate of drug-likeness (QED) is 0.752. The van der Waals surface area contributed by atoms with Crippen LogP contribution in [0.2, 0.25) is 0 Å². The highest BCUT2D eigenvalue weighted by molar-refractivity contribution is 5.57. The zero-order valence-electron chi connectivity index (χ0n) is 15.0. The van der Waals surface area contributed by atoms with Crippen LogP contribution in [0, 0.1) is 5.82 Å². The molecule has 3 fully saturated rings. The minimum Gasteiger partial charge on any atom is -0.492 e. The van der Waals surface area contributed by atoms with Crippen molar-refractivity contribution in [1.29, 1.82) is 0 Å². The molecule has 6 rings (SSSR count). The molecular formula is C20H20FN5O. The largest absolute Gasteiger partial charge is 0.492 e. The second-order valence-corrected chi connectivity index (χ2v) is 7.62. The van der Waals surface area contributed by atoms with E-state index in [0.29, 0.717) is 29.6 Å². The molecule has 2 heterocycles. The lowest BCUT2D eigenvalue weighted by atomic mass is 9.39. The average Bonchev–Trinajstić information content (AvgIpc) is 3.04. The molecule has 0 amide bonds. The maximum Gasteiger partial charge on any atom is 0.187 e. The number of ether oxygens (including phenoxy) is 1. The van der Waals surface area contributed by atoms with Crippen molar-refractivity contribution in [2.75, 3.05) is 6.61 Å². The fraction of sp³-hybridized carbons (Fsp3) is 0.350. The molecule has 0 spiro atoms. The van der Waals surface area contributed by atoms with Crippen LogP contribution in [-0.4, -0.2) is 31.9 Å². The molecule has 2 aromatic heterocycles. The third-order valence-corrected chi connectivity index (χ3v) is 5.58. The standard InChI is InChI=1S/C20H20FN5O/c1-2-27-13-7-8-15(23-9-13)17-24-25-18(19-10-20(22,11-19)12-19)26(17)16-6-4-3-5-14(16)21/h3-9H,2,10-12,22H2,1H3.